The first-order chi connectivity index (χ1) is 16.1. The average Bonchev–Trinajstić information content (AvgIpc) is 3.29. The van der Waals surface area contributed by atoms with Crippen molar-refractivity contribution < 1.29 is 23.6 Å². The lowest BCUT2D eigenvalue weighted by Crippen LogP contribution is -2.45. The van der Waals surface area contributed by atoms with Crippen LogP contribution in [0.25, 0.3) is 11.3 Å². The Morgan fingerprint density at radius 1 is 1.06 bits per heavy atom. The molecule has 2 aromatic carbocycles. The summed E-state index contributed by atoms with van der Waals surface area (Å²) in [6.45, 7) is 9.94. The molecule has 0 aliphatic rings. The fraction of sp³-hybridized carbons (Fsp3) is 0.370. The lowest BCUT2D eigenvalue weighted by atomic mass is 9.86. The van der Waals surface area contributed by atoms with Gasteiger partial charge in [-0.15, -0.1) is 0 Å². The molecule has 180 valence electrons. The number of nitrogens with one attached hydrogen (secondary N) is 1. The van der Waals surface area contributed by atoms with Gasteiger partial charge < -0.3 is 19.3 Å². The average molecular weight is 465 g/mol. The van der Waals surface area contributed by atoms with Gasteiger partial charge in [0.15, 0.2) is 12.4 Å². The topological polar surface area (TPSA) is 90.7 Å². The quantitative estimate of drug-likeness (QED) is 0.464. The molecular weight excluding hydrogens is 432 g/mol. The summed E-state index contributed by atoms with van der Waals surface area (Å²) in [7, 11) is 1.58. The molecule has 7 nitrogen and oxygen atoms in total. The van der Waals surface area contributed by atoms with E-state index < -0.39 is 12.0 Å². The van der Waals surface area contributed by atoms with Gasteiger partial charge in [0.25, 0.3) is 5.91 Å². The minimum Gasteiger partial charge on any atom is -0.496 e. The maximum atomic E-state index is 12.8. The highest BCUT2D eigenvalue weighted by atomic mass is 16.6. The minimum atomic E-state index is -0.800. The highest BCUT2D eigenvalue weighted by Gasteiger charge is 2.27. The monoisotopic (exact) mass is 464 g/mol. The van der Waals surface area contributed by atoms with Crippen molar-refractivity contribution in [3.05, 3.63) is 71.5 Å². The van der Waals surface area contributed by atoms with E-state index in [0.29, 0.717) is 22.8 Å². The van der Waals surface area contributed by atoms with Crippen LogP contribution in [0, 0.1) is 5.92 Å². The summed E-state index contributed by atoms with van der Waals surface area (Å²) in [6.07, 6.45) is 0. The number of carbonyl (C=O) groups excluding carboxylic acids is 2. The number of esters is 1. The molecule has 1 heterocycles. The van der Waals surface area contributed by atoms with Crippen molar-refractivity contribution in [3.8, 4) is 17.0 Å². The maximum Gasteiger partial charge on any atom is 0.329 e. The number of hydrogen-bond acceptors (Lipinski definition) is 6. The van der Waals surface area contributed by atoms with Crippen LogP contribution < -0.4 is 10.1 Å². The minimum absolute atomic E-state index is 0.00844. The molecule has 3 aromatic rings. The van der Waals surface area contributed by atoms with E-state index in [4.69, 9.17) is 14.0 Å². The van der Waals surface area contributed by atoms with Crippen molar-refractivity contribution in [2.24, 2.45) is 5.92 Å². The second-order valence-electron chi connectivity index (χ2n) is 9.51. The number of amides is 1. The van der Waals surface area contributed by atoms with E-state index in [-0.39, 0.29) is 23.8 Å². The van der Waals surface area contributed by atoms with E-state index in [0.717, 1.165) is 11.1 Å². The molecule has 0 bridgehead atoms. The second-order valence-corrected chi connectivity index (χ2v) is 9.51. The molecule has 34 heavy (non-hydrogen) atoms. The Balaban J connectivity index is 1.63. The van der Waals surface area contributed by atoms with Gasteiger partial charge in [0.1, 0.15) is 17.5 Å². The first kappa shape index (κ1) is 25.0. The number of benzene rings is 2. The van der Waals surface area contributed by atoms with Gasteiger partial charge in [0, 0.05) is 17.2 Å². The molecule has 0 spiro atoms. The smallest absolute Gasteiger partial charge is 0.329 e. The van der Waals surface area contributed by atoms with Gasteiger partial charge in [-0.3, -0.25) is 4.79 Å². The summed E-state index contributed by atoms with van der Waals surface area (Å²) in [6, 6.07) is 15.7. The Morgan fingerprint density at radius 3 is 2.35 bits per heavy atom. The second kappa shape index (κ2) is 10.5. The van der Waals surface area contributed by atoms with Crippen LogP contribution in [0.15, 0.2) is 59.1 Å². The molecule has 0 unspecified atom stereocenters. The van der Waals surface area contributed by atoms with Crippen molar-refractivity contribution in [1.82, 2.24) is 10.5 Å². The fourth-order valence-electron chi connectivity index (χ4n) is 3.44. The molecular formula is C27H32N2O5. The molecule has 1 atom stereocenters. The molecule has 0 aliphatic carbocycles. The van der Waals surface area contributed by atoms with Crippen LogP contribution in [0.1, 0.15) is 56.3 Å². The van der Waals surface area contributed by atoms with Crippen LogP contribution in [-0.4, -0.2) is 30.2 Å². The van der Waals surface area contributed by atoms with E-state index >= 15 is 0 Å². The Hall–Kier alpha value is -3.61. The molecule has 1 N–H and O–H groups in total. The molecule has 0 saturated carbocycles. The zero-order valence-electron chi connectivity index (χ0n) is 20.5. The fourth-order valence-corrected chi connectivity index (χ4v) is 3.44. The zero-order chi connectivity index (χ0) is 24.9. The van der Waals surface area contributed by atoms with Gasteiger partial charge in [-0.1, -0.05) is 64.0 Å². The van der Waals surface area contributed by atoms with Gasteiger partial charge in [0.2, 0.25) is 0 Å². The van der Waals surface area contributed by atoms with Gasteiger partial charge in [-0.2, -0.15) is 0 Å². The van der Waals surface area contributed by atoms with E-state index in [2.05, 4.69) is 31.2 Å². The third-order valence-electron chi connectivity index (χ3n) is 5.52. The number of carbonyl (C=O) groups is 2. The summed E-state index contributed by atoms with van der Waals surface area (Å²) in [5, 5.41) is 6.85. The van der Waals surface area contributed by atoms with E-state index in [1.807, 2.05) is 50.2 Å². The lowest BCUT2D eigenvalue weighted by molar-refractivity contribution is -0.149. The largest absolute Gasteiger partial charge is 0.496 e. The van der Waals surface area contributed by atoms with Gasteiger partial charge >= 0.3 is 5.97 Å². The van der Waals surface area contributed by atoms with Crippen molar-refractivity contribution in [1.29, 1.82) is 0 Å². The third-order valence-corrected chi connectivity index (χ3v) is 5.52. The van der Waals surface area contributed by atoms with Crippen LogP contribution in [0.4, 0.5) is 0 Å². The van der Waals surface area contributed by atoms with Crippen molar-refractivity contribution in [2.75, 3.05) is 7.11 Å². The Labute approximate surface area is 200 Å². The highest BCUT2D eigenvalue weighted by molar-refractivity contribution is 5.96. The zero-order valence-corrected chi connectivity index (χ0v) is 20.5. The Bertz CT molecular complexity index is 1130. The normalized spacial score (nSPS) is 12.3. The molecule has 7 heteroatoms. The molecule has 1 amide bonds. The number of para-hydroxylation sites is 1. The van der Waals surface area contributed by atoms with Crippen LogP contribution in [0.3, 0.4) is 0 Å². The summed E-state index contributed by atoms with van der Waals surface area (Å²) < 4.78 is 16.1. The number of hydrogen-bond donors (Lipinski definition) is 1. The van der Waals surface area contributed by atoms with Crippen molar-refractivity contribution in [3.63, 3.8) is 0 Å². The Morgan fingerprint density at radius 2 is 1.74 bits per heavy atom. The maximum absolute atomic E-state index is 12.8. The summed E-state index contributed by atoms with van der Waals surface area (Å²) >= 11 is 0. The first-order valence-corrected chi connectivity index (χ1v) is 11.3. The summed E-state index contributed by atoms with van der Waals surface area (Å²) in [4.78, 5) is 25.5. The van der Waals surface area contributed by atoms with Gasteiger partial charge in [-0.05, 0) is 41.2 Å². The van der Waals surface area contributed by atoms with E-state index in [9.17, 15) is 9.59 Å². The van der Waals surface area contributed by atoms with Crippen molar-refractivity contribution >= 4 is 11.9 Å². The predicted molar refractivity (Wildman–Crippen MR) is 130 cm³/mol. The summed E-state index contributed by atoms with van der Waals surface area (Å²) in [5.74, 6) is 0.0293. The molecule has 0 saturated heterocycles. The molecule has 0 radical (unpaired) electrons. The van der Waals surface area contributed by atoms with E-state index in [1.54, 1.807) is 25.3 Å². The predicted octanol–water partition coefficient (Wildman–Crippen LogP) is 5.15. The Kier molecular flexibility index (Phi) is 7.76. The molecule has 1 aromatic heterocycles. The summed E-state index contributed by atoms with van der Waals surface area (Å²) in [5.41, 5.74) is 2.96. The molecule has 3 rings (SSSR count). The standard InChI is InChI=1S/C27H32N2O5/c1-17(2)24(28-25(30)18-11-13-19(14-12-18)27(3,4)5)26(31)33-16-20-15-22(29-34-20)21-9-7-8-10-23(21)32-6/h7-15,17,24H,16H2,1-6H3,(H,28,30)/t24-/m0/s1. The van der Waals surface area contributed by atoms with Crippen LogP contribution in [0.5, 0.6) is 5.75 Å². The van der Waals surface area contributed by atoms with Gasteiger partial charge in [-0.25, -0.2) is 4.79 Å². The number of rotatable bonds is 8. The SMILES string of the molecule is COc1ccccc1-c1cc(COC(=O)[C@@H](NC(=O)c2ccc(C(C)(C)C)cc2)C(C)C)on1. The van der Waals surface area contributed by atoms with Crippen LogP contribution in [0.2, 0.25) is 0 Å². The van der Waals surface area contributed by atoms with Crippen molar-refractivity contribution in [2.45, 2.75) is 52.7 Å². The third kappa shape index (κ3) is 6.04. The van der Waals surface area contributed by atoms with Gasteiger partial charge in [0.05, 0.1) is 7.11 Å². The van der Waals surface area contributed by atoms with Crippen LogP contribution >= 0.6 is 0 Å². The van der Waals surface area contributed by atoms with Crippen LogP contribution in [-0.2, 0) is 21.6 Å². The number of aromatic nitrogens is 1. The first-order valence-electron chi connectivity index (χ1n) is 11.3. The number of methoxy groups -OCH3 is 1. The highest BCUT2D eigenvalue weighted by Crippen LogP contribution is 2.29. The van der Waals surface area contributed by atoms with E-state index in [1.165, 1.54) is 0 Å². The molecule has 0 fully saturated rings. The molecule has 0 aliphatic heterocycles. The number of ether oxygens (including phenoxy) is 2. The number of nitrogens with zero attached hydrogens (tertiary/aromatic N) is 1. The lowest BCUT2D eigenvalue weighted by Gasteiger charge is -2.21.